The van der Waals surface area contributed by atoms with Crippen molar-refractivity contribution in [1.29, 1.82) is 0 Å². The van der Waals surface area contributed by atoms with Crippen molar-refractivity contribution in [3.8, 4) is 11.3 Å². The molecule has 25 heavy (non-hydrogen) atoms. The average molecular weight is 346 g/mol. The summed E-state index contributed by atoms with van der Waals surface area (Å²) in [7, 11) is -1.15. The monoisotopic (exact) mass is 345 g/mol. The summed E-state index contributed by atoms with van der Waals surface area (Å²) in [5.41, 5.74) is 8.37. The number of benzene rings is 2. The fourth-order valence-corrected chi connectivity index (χ4v) is 8.21. The normalized spacial score (nSPS) is 19.4. The van der Waals surface area contributed by atoms with Gasteiger partial charge in [0.15, 0.2) is 0 Å². The van der Waals surface area contributed by atoms with Gasteiger partial charge in [-0.3, -0.25) is 0 Å². The minimum atomic E-state index is -1.15. The summed E-state index contributed by atoms with van der Waals surface area (Å²) in [6.07, 6.45) is 2.76. The van der Waals surface area contributed by atoms with E-state index in [9.17, 15) is 0 Å². The lowest BCUT2D eigenvalue weighted by molar-refractivity contribution is 0.822. The Labute approximate surface area is 152 Å². The van der Waals surface area contributed by atoms with E-state index in [2.05, 4.69) is 75.5 Å². The molecule has 2 heterocycles. The zero-order chi connectivity index (χ0) is 17.6. The standard InChI is InChI=1S/C23H27NSi/c1-16-13-17(2)15-18(14-16)21-11-10-19-20(7-5-8-22(19)24-21)23-9-6-12-25(23,3)4/h5,7-8,10-11,13-15,23H,6,9,12H2,1-4H3. The van der Waals surface area contributed by atoms with Crippen molar-refractivity contribution in [1.82, 2.24) is 4.98 Å². The van der Waals surface area contributed by atoms with Gasteiger partial charge < -0.3 is 0 Å². The minimum Gasteiger partial charge on any atom is -0.248 e. The number of aromatic nitrogens is 1. The summed E-state index contributed by atoms with van der Waals surface area (Å²) in [5, 5.41) is 1.36. The first-order chi connectivity index (χ1) is 11.9. The van der Waals surface area contributed by atoms with Crippen LogP contribution in [0.3, 0.4) is 0 Å². The van der Waals surface area contributed by atoms with Crippen molar-refractivity contribution in [2.24, 2.45) is 0 Å². The second-order valence-electron chi connectivity index (χ2n) is 8.42. The van der Waals surface area contributed by atoms with E-state index in [-0.39, 0.29) is 0 Å². The highest BCUT2D eigenvalue weighted by atomic mass is 28.3. The number of hydrogen-bond donors (Lipinski definition) is 0. The Morgan fingerprint density at radius 2 is 1.72 bits per heavy atom. The second kappa shape index (κ2) is 6.10. The summed E-state index contributed by atoms with van der Waals surface area (Å²) in [6.45, 7) is 9.42. The van der Waals surface area contributed by atoms with Crippen molar-refractivity contribution >= 4 is 19.0 Å². The number of pyridine rings is 1. The maximum absolute atomic E-state index is 5.02. The molecule has 2 heteroatoms. The van der Waals surface area contributed by atoms with Crippen LogP contribution in [0.15, 0.2) is 48.5 Å². The molecule has 0 bridgehead atoms. The van der Waals surface area contributed by atoms with Crippen LogP contribution < -0.4 is 0 Å². The van der Waals surface area contributed by atoms with Crippen LogP contribution in [0.5, 0.6) is 0 Å². The van der Waals surface area contributed by atoms with E-state index in [1.807, 2.05) is 0 Å². The lowest BCUT2D eigenvalue weighted by Crippen LogP contribution is -2.29. The molecule has 0 radical (unpaired) electrons. The Hall–Kier alpha value is -1.93. The fourth-order valence-electron chi connectivity index (χ4n) is 4.67. The van der Waals surface area contributed by atoms with Gasteiger partial charge in [-0.25, -0.2) is 4.98 Å². The van der Waals surface area contributed by atoms with Gasteiger partial charge in [0.2, 0.25) is 0 Å². The number of nitrogens with zero attached hydrogens (tertiary/aromatic N) is 1. The molecule has 1 aliphatic rings. The van der Waals surface area contributed by atoms with Crippen molar-refractivity contribution in [3.63, 3.8) is 0 Å². The van der Waals surface area contributed by atoms with E-state index in [1.165, 1.54) is 41.0 Å². The topological polar surface area (TPSA) is 12.9 Å². The van der Waals surface area contributed by atoms with E-state index in [1.54, 1.807) is 5.56 Å². The number of fused-ring (bicyclic) bond motifs is 1. The van der Waals surface area contributed by atoms with Gasteiger partial charge in [-0.05, 0) is 55.6 Å². The molecule has 0 N–H and O–H groups in total. The van der Waals surface area contributed by atoms with Gasteiger partial charge in [0.1, 0.15) is 0 Å². The largest absolute Gasteiger partial charge is 0.248 e. The Morgan fingerprint density at radius 1 is 0.960 bits per heavy atom. The van der Waals surface area contributed by atoms with Crippen LogP contribution in [-0.2, 0) is 0 Å². The predicted octanol–water partition coefficient (Wildman–Crippen LogP) is 6.64. The molecule has 0 spiro atoms. The van der Waals surface area contributed by atoms with Gasteiger partial charge in [0.25, 0.3) is 0 Å². The summed E-state index contributed by atoms with van der Waals surface area (Å²) < 4.78 is 0. The van der Waals surface area contributed by atoms with Gasteiger partial charge in [0, 0.05) is 10.9 Å². The minimum absolute atomic E-state index is 0.782. The Bertz CT molecular complexity index is 922. The van der Waals surface area contributed by atoms with Crippen LogP contribution in [0.2, 0.25) is 19.1 Å². The molecular weight excluding hydrogens is 318 g/mol. The molecule has 1 nitrogen and oxygen atoms in total. The SMILES string of the molecule is Cc1cc(C)cc(-c2ccc3c(C4CCC[Si]4(C)C)cccc3n2)c1. The first kappa shape index (κ1) is 16.5. The lowest BCUT2D eigenvalue weighted by atomic mass is 10.0. The van der Waals surface area contributed by atoms with Crippen molar-refractivity contribution in [2.45, 2.75) is 51.4 Å². The van der Waals surface area contributed by atoms with Gasteiger partial charge >= 0.3 is 0 Å². The molecular formula is C23H27NSi. The van der Waals surface area contributed by atoms with Crippen LogP contribution in [0.1, 0.15) is 35.1 Å². The molecule has 4 rings (SSSR count). The molecule has 0 saturated carbocycles. The van der Waals surface area contributed by atoms with Gasteiger partial charge in [-0.2, -0.15) is 0 Å². The highest BCUT2D eigenvalue weighted by molar-refractivity contribution is 6.79. The first-order valence-electron chi connectivity index (χ1n) is 9.42. The molecule has 1 aliphatic heterocycles. The molecule has 1 saturated heterocycles. The van der Waals surface area contributed by atoms with Crippen LogP contribution in [0.4, 0.5) is 0 Å². The first-order valence-corrected chi connectivity index (χ1v) is 12.7. The molecule has 128 valence electrons. The van der Waals surface area contributed by atoms with Crippen LogP contribution in [0.25, 0.3) is 22.2 Å². The molecule has 1 unspecified atom stereocenters. The van der Waals surface area contributed by atoms with Gasteiger partial charge in [0.05, 0.1) is 19.3 Å². The van der Waals surface area contributed by atoms with E-state index in [4.69, 9.17) is 4.98 Å². The van der Waals surface area contributed by atoms with Crippen molar-refractivity contribution in [2.75, 3.05) is 0 Å². The molecule has 0 amide bonds. The zero-order valence-electron chi connectivity index (χ0n) is 15.8. The molecule has 2 aromatic carbocycles. The van der Waals surface area contributed by atoms with Crippen LogP contribution in [-0.4, -0.2) is 13.1 Å². The summed E-state index contributed by atoms with van der Waals surface area (Å²) >= 11 is 0. The molecule has 3 aromatic rings. The van der Waals surface area contributed by atoms with Gasteiger partial charge in [-0.15, -0.1) is 0 Å². The van der Waals surface area contributed by atoms with Crippen molar-refractivity contribution in [3.05, 3.63) is 65.2 Å². The Balaban J connectivity index is 1.83. The van der Waals surface area contributed by atoms with Gasteiger partial charge in [-0.1, -0.05) is 61.0 Å². The number of hydrogen-bond acceptors (Lipinski definition) is 1. The second-order valence-corrected chi connectivity index (χ2v) is 13.6. The highest BCUT2D eigenvalue weighted by Crippen LogP contribution is 2.43. The lowest BCUT2D eigenvalue weighted by Gasteiger charge is -2.26. The quantitative estimate of drug-likeness (QED) is 0.474. The maximum Gasteiger partial charge on any atom is 0.0712 e. The third kappa shape index (κ3) is 3.04. The summed E-state index contributed by atoms with van der Waals surface area (Å²) in [6, 6.07) is 19.4. The fraction of sp³-hybridized carbons (Fsp3) is 0.348. The van der Waals surface area contributed by atoms with E-state index < -0.39 is 8.07 Å². The Kier molecular flexibility index (Phi) is 4.03. The summed E-state index contributed by atoms with van der Waals surface area (Å²) in [5.74, 6) is 0. The highest BCUT2D eigenvalue weighted by Gasteiger charge is 2.37. The van der Waals surface area contributed by atoms with Crippen molar-refractivity contribution < 1.29 is 0 Å². The molecule has 1 atom stereocenters. The average Bonchev–Trinajstić information content (AvgIpc) is 2.92. The molecule has 0 aliphatic carbocycles. The van der Waals surface area contributed by atoms with E-state index in [0.29, 0.717) is 0 Å². The third-order valence-electron chi connectivity index (χ3n) is 5.92. The molecule has 1 fully saturated rings. The van der Waals surface area contributed by atoms with Crippen LogP contribution >= 0.6 is 0 Å². The number of aryl methyl sites for hydroxylation is 2. The Morgan fingerprint density at radius 3 is 2.40 bits per heavy atom. The summed E-state index contributed by atoms with van der Waals surface area (Å²) in [4.78, 5) is 5.02. The maximum atomic E-state index is 5.02. The smallest absolute Gasteiger partial charge is 0.0712 e. The molecule has 1 aromatic heterocycles. The van der Waals surface area contributed by atoms with Crippen LogP contribution in [0, 0.1) is 13.8 Å². The number of rotatable bonds is 2. The van der Waals surface area contributed by atoms with E-state index >= 15 is 0 Å². The zero-order valence-corrected chi connectivity index (χ0v) is 16.8. The van der Waals surface area contributed by atoms with E-state index in [0.717, 1.165) is 16.8 Å². The predicted molar refractivity (Wildman–Crippen MR) is 111 cm³/mol. The third-order valence-corrected chi connectivity index (χ3v) is 10.0.